The highest BCUT2D eigenvalue weighted by Gasteiger charge is 2.24. The second kappa shape index (κ2) is 9.06. The Morgan fingerprint density at radius 3 is 2.14 bits per heavy atom. The smallest absolute Gasteiger partial charge is 0.251 e. The molecule has 156 valence electrons. The van der Waals surface area contributed by atoms with Crippen LogP contribution >= 0.6 is 0 Å². The van der Waals surface area contributed by atoms with E-state index in [1.54, 1.807) is 0 Å². The van der Waals surface area contributed by atoms with Crippen molar-refractivity contribution in [1.29, 1.82) is 0 Å². The molecule has 0 spiro atoms. The molecule has 1 saturated heterocycles. The van der Waals surface area contributed by atoms with E-state index in [-0.39, 0.29) is 23.2 Å². The standard InChI is InChI=1S/C24H32FN3O/c1-24(2,3)20-9-5-19(6-10-20)23(29)26-17-22(18-7-11-21(25)12-8-18)28-15-13-27(4)14-16-28/h5-12,22H,13-17H2,1-4H3,(H,26,29)/t22-/m1/s1. The van der Waals surface area contributed by atoms with E-state index < -0.39 is 0 Å². The number of piperazine rings is 1. The predicted octanol–water partition coefficient (Wildman–Crippen LogP) is 3.84. The van der Waals surface area contributed by atoms with Crippen LogP contribution < -0.4 is 5.32 Å². The van der Waals surface area contributed by atoms with Gasteiger partial charge in [-0.25, -0.2) is 4.39 Å². The van der Waals surface area contributed by atoms with E-state index in [4.69, 9.17) is 0 Å². The number of halogens is 1. The molecule has 5 heteroatoms. The molecule has 4 nitrogen and oxygen atoms in total. The summed E-state index contributed by atoms with van der Waals surface area (Å²) in [7, 11) is 2.12. The monoisotopic (exact) mass is 397 g/mol. The first-order valence-electron chi connectivity index (χ1n) is 10.3. The zero-order valence-electron chi connectivity index (χ0n) is 17.9. The minimum Gasteiger partial charge on any atom is -0.350 e. The number of hydrogen-bond donors (Lipinski definition) is 1. The van der Waals surface area contributed by atoms with Gasteiger partial charge in [0, 0.05) is 38.3 Å². The molecule has 0 aromatic heterocycles. The Labute approximate surface area is 173 Å². The number of rotatable bonds is 5. The number of amides is 1. The van der Waals surface area contributed by atoms with E-state index >= 15 is 0 Å². The molecule has 2 aromatic rings. The summed E-state index contributed by atoms with van der Waals surface area (Å²) in [5.74, 6) is -0.319. The molecule has 1 amide bonds. The Balaban J connectivity index is 1.70. The van der Waals surface area contributed by atoms with Crippen LogP contribution in [0, 0.1) is 5.82 Å². The van der Waals surface area contributed by atoms with Crippen molar-refractivity contribution in [2.45, 2.75) is 32.2 Å². The maximum Gasteiger partial charge on any atom is 0.251 e. The van der Waals surface area contributed by atoms with E-state index in [0.717, 1.165) is 31.7 Å². The molecule has 1 fully saturated rings. The van der Waals surface area contributed by atoms with Crippen molar-refractivity contribution in [2.24, 2.45) is 0 Å². The molecule has 0 bridgehead atoms. The summed E-state index contributed by atoms with van der Waals surface area (Å²) >= 11 is 0. The van der Waals surface area contributed by atoms with Crippen molar-refractivity contribution in [1.82, 2.24) is 15.1 Å². The van der Waals surface area contributed by atoms with Gasteiger partial charge in [-0.2, -0.15) is 0 Å². The molecule has 0 aliphatic carbocycles. The lowest BCUT2D eigenvalue weighted by Gasteiger charge is -2.38. The molecule has 0 radical (unpaired) electrons. The van der Waals surface area contributed by atoms with Crippen LogP contribution in [0.3, 0.4) is 0 Å². The lowest BCUT2D eigenvalue weighted by molar-refractivity contribution is 0.0886. The van der Waals surface area contributed by atoms with Crippen molar-refractivity contribution in [2.75, 3.05) is 39.8 Å². The average Bonchev–Trinajstić information content (AvgIpc) is 2.70. The Kier molecular flexibility index (Phi) is 6.70. The zero-order chi connectivity index (χ0) is 21.0. The fraction of sp³-hybridized carbons (Fsp3) is 0.458. The van der Waals surface area contributed by atoms with Gasteiger partial charge >= 0.3 is 0 Å². The first-order valence-corrected chi connectivity index (χ1v) is 10.3. The molecule has 2 aromatic carbocycles. The number of nitrogens with one attached hydrogen (secondary N) is 1. The van der Waals surface area contributed by atoms with Gasteiger partial charge in [0.15, 0.2) is 0 Å². The van der Waals surface area contributed by atoms with Crippen molar-refractivity contribution >= 4 is 5.91 Å². The molecule has 1 heterocycles. The maximum absolute atomic E-state index is 13.4. The zero-order valence-corrected chi connectivity index (χ0v) is 17.9. The molecular formula is C24H32FN3O. The first-order chi connectivity index (χ1) is 13.7. The highest BCUT2D eigenvalue weighted by molar-refractivity contribution is 5.94. The third kappa shape index (κ3) is 5.64. The number of hydrogen-bond acceptors (Lipinski definition) is 3. The molecule has 0 unspecified atom stereocenters. The summed E-state index contributed by atoms with van der Waals surface area (Å²) < 4.78 is 13.4. The fourth-order valence-corrected chi connectivity index (χ4v) is 3.69. The minimum absolute atomic E-state index is 0.0297. The van der Waals surface area contributed by atoms with E-state index in [1.165, 1.54) is 17.7 Å². The first kappa shape index (κ1) is 21.5. The van der Waals surface area contributed by atoms with Crippen LogP contribution in [0.4, 0.5) is 4.39 Å². The van der Waals surface area contributed by atoms with Crippen LogP contribution in [-0.4, -0.2) is 55.5 Å². The Hall–Kier alpha value is -2.24. The van der Waals surface area contributed by atoms with Gasteiger partial charge < -0.3 is 10.2 Å². The molecule has 1 N–H and O–H groups in total. The highest BCUT2D eigenvalue weighted by atomic mass is 19.1. The quantitative estimate of drug-likeness (QED) is 0.833. The Morgan fingerprint density at radius 2 is 1.59 bits per heavy atom. The van der Waals surface area contributed by atoms with Crippen LogP contribution in [0.25, 0.3) is 0 Å². The molecule has 1 atom stereocenters. The third-order valence-corrected chi connectivity index (χ3v) is 5.70. The summed E-state index contributed by atoms with van der Waals surface area (Å²) in [5.41, 5.74) is 2.95. The number of carbonyl (C=O) groups excluding carboxylic acids is 1. The van der Waals surface area contributed by atoms with Gasteiger partial charge in [-0.05, 0) is 47.9 Å². The van der Waals surface area contributed by atoms with Crippen LogP contribution in [0.1, 0.15) is 48.3 Å². The van der Waals surface area contributed by atoms with Gasteiger partial charge in [0.1, 0.15) is 5.82 Å². The summed E-state index contributed by atoms with van der Waals surface area (Å²) in [4.78, 5) is 17.4. The molecule has 0 saturated carbocycles. The third-order valence-electron chi connectivity index (χ3n) is 5.70. The summed E-state index contributed by atoms with van der Waals surface area (Å²) in [5, 5.41) is 3.09. The summed E-state index contributed by atoms with van der Waals surface area (Å²) in [6.45, 7) is 10.8. The molecule has 1 aliphatic heterocycles. The van der Waals surface area contributed by atoms with Crippen molar-refractivity contribution in [3.8, 4) is 0 Å². The summed E-state index contributed by atoms with van der Waals surface area (Å²) in [6.07, 6.45) is 0. The van der Waals surface area contributed by atoms with Crippen molar-refractivity contribution in [3.63, 3.8) is 0 Å². The van der Waals surface area contributed by atoms with E-state index in [1.807, 2.05) is 36.4 Å². The Morgan fingerprint density at radius 1 is 1.00 bits per heavy atom. The second-order valence-corrected chi connectivity index (χ2v) is 8.94. The largest absolute Gasteiger partial charge is 0.350 e. The highest BCUT2D eigenvalue weighted by Crippen LogP contribution is 2.24. The fourth-order valence-electron chi connectivity index (χ4n) is 3.69. The van der Waals surface area contributed by atoms with Crippen LogP contribution in [-0.2, 0) is 5.41 Å². The lowest BCUT2D eigenvalue weighted by Crippen LogP contribution is -2.48. The lowest BCUT2D eigenvalue weighted by atomic mass is 9.87. The number of nitrogens with zero attached hydrogens (tertiary/aromatic N) is 2. The van der Waals surface area contributed by atoms with E-state index in [2.05, 4.69) is 42.9 Å². The summed E-state index contributed by atoms with van der Waals surface area (Å²) in [6, 6.07) is 14.5. The minimum atomic E-state index is -0.242. The van der Waals surface area contributed by atoms with Gasteiger partial charge in [-0.15, -0.1) is 0 Å². The van der Waals surface area contributed by atoms with Crippen LogP contribution in [0.15, 0.2) is 48.5 Å². The predicted molar refractivity (Wildman–Crippen MR) is 116 cm³/mol. The van der Waals surface area contributed by atoms with Crippen LogP contribution in [0.5, 0.6) is 0 Å². The number of benzene rings is 2. The Bertz CT molecular complexity index is 804. The van der Waals surface area contributed by atoms with Crippen molar-refractivity contribution < 1.29 is 9.18 Å². The molecule has 29 heavy (non-hydrogen) atoms. The second-order valence-electron chi connectivity index (χ2n) is 8.94. The van der Waals surface area contributed by atoms with Gasteiger partial charge in [-0.3, -0.25) is 9.69 Å². The van der Waals surface area contributed by atoms with E-state index in [9.17, 15) is 9.18 Å². The maximum atomic E-state index is 13.4. The average molecular weight is 398 g/mol. The topological polar surface area (TPSA) is 35.6 Å². The molecule has 3 rings (SSSR count). The van der Waals surface area contributed by atoms with Crippen LogP contribution in [0.2, 0.25) is 0 Å². The number of carbonyl (C=O) groups is 1. The molecule has 1 aliphatic rings. The SMILES string of the molecule is CN1CCN([C@H](CNC(=O)c2ccc(C(C)(C)C)cc2)c2ccc(F)cc2)CC1. The van der Waals surface area contributed by atoms with Gasteiger partial charge in [0.05, 0.1) is 6.04 Å². The van der Waals surface area contributed by atoms with Gasteiger partial charge in [0.2, 0.25) is 0 Å². The van der Waals surface area contributed by atoms with Gasteiger partial charge in [-0.1, -0.05) is 45.0 Å². The normalized spacial score (nSPS) is 17.1. The number of likely N-dealkylation sites (N-methyl/N-ethyl adjacent to an activating group) is 1. The van der Waals surface area contributed by atoms with E-state index in [0.29, 0.717) is 12.1 Å². The van der Waals surface area contributed by atoms with Gasteiger partial charge in [0.25, 0.3) is 5.91 Å². The van der Waals surface area contributed by atoms with Crippen molar-refractivity contribution in [3.05, 3.63) is 71.0 Å². The molecular weight excluding hydrogens is 365 g/mol.